The lowest BCUT2D eigenvalue weighted by Gasteiger charge is -2.26. The van der Waals surface area contributed by atoms with E-state index >= 15 is 0 Å². The van der Waals surface area contributed by atoms with Crippen LogP contribution in [0.15, 0.2) is 146 Å². The Kier molecular flexibility index (Phi) is 7.35. The first kappa shape index (κ1) is 26.7. The quantitative estimate of drug-likeness (QED) is 0.208. The molecule has 0 heterocycles. The van der Waals surface area contributed by atoms with Gasteiger partial charge in [-0.2, -0.15) is 0 Å². The fourth-order valence-electron chi connectivity index (χ4n) is 5.09. The second-order valence-corrected chi connectivity index (χ2v) is 10.5. The third-order valence-corrected chi connectivity index (χ3v) is 7.38. The lowest BCUT2D eigenvalue weighted by atomic mass is 10.0. The zero-order chi connectivity index (χ0) is 29.1. The van der Waals surface area contributed by atoms with Gasteiger partial charge in [0.15, 0.2) is 0 Å². The van der Waals surface area contributed by atoms with Crippen molar-refractivity contribution in [3.63, 3.8) is 0 Å². The van der Waals surface area contributed by atoms with Crippen molar-refractivity contribution in [3.8, 4) is 22.6 Å². The van der Waals surface area contributed by atoms with Crippen LogP contribution in [0.3, 0.4) is 0 Å². The number of hydrogen-bond acceptors (Lipinski definition) is 4. The van der Waals surface area contributed by atoms with E-state index in [1.807, 2.05) is 24.3 Å². The van der Waals surface area contributed by atoms with Crippen LogP contribution in [-0.4, -0.2) is 10.2 Å². The van der Waals surface area contributed by atoms with E-state index in [-0.39, 0.29) is 11.5 Å². The summed E-state index contributed by atoms with van der Waals surface area (Å²) < 4.78 is 0. The topological polar surface area (TPSA) is 46.9 Å². The maximum atomic E-state index is 9.85. The van der Waals surface area contributed by atoms with Crippen molar-refractivity contribution in [2.75, 3.05) is 9.80 Å². The molecule has 0 aromatic heterocycles. The number of phenols is 2. The van der Waals surface area contributed by atoms with Crippen molar-refractivity contribution in [1.29, 1.82) is 0 Å². The van der Waals surface area contributed by atoms with Crippen molar-refractivity contribution in [2.24, 2.45) is 0 Å². The highest BCUT2D eigenvalue weighted by atomic mass is 16.3. The summed E-state index contributed by atoms with van der Waals surface area (Å²) >= 11 is 0. The Balaban J connectivity index is 1.31. The van der Waals surface area contributed by atoms with Gasteiger partial charge in [0.2, 0.25) is 0 Å². The highest BCUT2D eigenvalue weighted by Crippen LogP contribution is 2.38. The third-order valence-electron chi connectivity index (χ3n) is 7.38. The van der Waals surface area contributed by atoms with Crippen molar-refractivity contribution in [3.05, 3.63) is 157 Å². The molecular formula is C38H32N2O2. The molecule has 0 saturated carbocycles. The van der Waals surface area contributed by atoms with E-state index in [0.717, 1.165) is 45.3 Å². The number of benzene rings is 6. The predicted molar refractivity (Wildman–Crippen MR) is 174 cm³/mol. The Bertz CT molecular complexity index is 1530. The summed E-state index contributed by atoms with van der Waals surface area (Å²) in [4.78, 5) is 4.37. The van der Waals surface area contributed by atoms with Crippen LogP contribution >= 0.6 is 0 Å². The van der Waals surface area contributed by atoms with Gasteiger partial charge < -0.3 is 20.0 Å². The van der Waals surface area contributed by atoms with Crippen molar-refractivity contribution < 1.29 is 10.2 Å². The average molecular weight is 549 g/mol. The Morgan fingerprint density at radius 3 is 0.786 bits per heavy atom. The normalized spacial score (nSPS) is 10.8. The van der Waals surface area contributed by atoms with Crippen LogP contribution in [-0.2, 0) is 0 Å². The molecule has 0 bridgehead atoms. The van der Waals surface area contributed by atoms with Crippen LogP contribution in [0.25, 0.3) is 11.1 Å². The maximum absolute atomic E-state index is 9.85. The average Bonchev–Trinajstić information content (AvgIpc) is 3.02. The Morgan fingerprint density at radius 2 is 0.524 bits per heavy atom. The van der Waals surface area contributed by atoms with Gasteiger partial charge in [-0.15, -0.1) is 0 Å². The fraction of sp³-hybridized carbons (Fsp3) is 0.0526. The highest BCUT2D eigenvalue weighted by molar-refractivity contribution is 5.81. The van der Waals surface area contributed by atoms with Crippen LogP contribution < -0.4 is 9.80 Å². The number of aryl methyl sites for hydroxylation is 2. The smallest absolute Gasteiger partial charge is 0.115 e. The molecule has 0 atom stereocenters. The van der Waals surface area contributed by atoms with E-state index < -0.39 is 0 Å². The number of aromatic hydroxyl groups is 2. The van der Waals surface area contributed by atoms with Gasteiger partial charge in [0.1, 0.15) is 11.5 Å². The largest absolute Gasteiger partial charge is 0.508 e. The monoisotopic (exact) mass is 548 g/mol. The van der Waals surface area contributed by atoms with Gasteiger partial charge in [0, 0.05) is 34.1 Å². The predicted octanol–water partition coefficient (Wildman–Crippen LogP) is 10.3. The van der Waals surface area contributed by atoms with Crippen molar-refractivity contribution in [2.45, 2.75) is 13.8 Å². The molecule has 4 nitrogen and oxygen atoms in total. The van der Waals surface area contributed by atoms with Gasteiger partial charge in [0.05, 0.1) is 0 Å². The molecule has 6 rings (SSSR count). The third kappa shape index (κ3) is 5.70. The van der Waals surface area contributed by atoms with Crippen LogP contribution in [0, 0.1) is 13.8 Å². The van der Waals surface area contributed by atoms with Gasteiger partial charge in [-0.1, -0.05) is 59.7 Å². The first-order chi connectivity index (χ1) is 20.4. The minimum atomic E-state index is 0.243. The fourth-order valence-corrected chi connectivity index (χ4v) is 5.09. The zero-order valence-electron chi connectivity index (χ0n) is 23.6. The zero-order valence-corrected chi connectivity index (χ0v) is 23.6. The SMILES string of the molecule is Cc1ccc(N(c2ccc(O)cc2)c2ccc(-c3ccc(N(c4ccc(C)cc4)c4ccc(O)cc4)cc3)cc2)cc1. The van der Waals surface area contributed by atoms with Crippen molar-refractivity contribution >= 4 is 34.1 Å². The summed E-state index contributed by atoms with van der Waals surface area (Å²) in [6, 6.07) is 48.5. The van der Waals surface area contributed by atoms with E-state index in [9.17, 15) is 10.2 Å². The summed E-state index contributed by atoms with van der Waals surface area (Å²) in [6.45, 7) is 4.17. The van der Waals surface area contributed by atoms with Gasteiger partial charge in [0.25, 0.3) is 0 Å². The van der Waals surface area contributed by atoms with Crippen LogP contribution in [0.5, 0.6) is 11.5 Å². The summed E-state index contributed by atoms with van der Waals surface area (Å²) in [5, 5.41) is 19.7. The first-order valence-electron chi connectivity index (χ1n) is 14.0. The number of rotatable bonds is 7. The standard InChI is InChI=1S/C38H32N2O2/c1-27-3-11-31(12-4-27)39(35-19-23-37(41)24-20-35)33-15-7-29(8-16-33)30-9-17-34(18-10-30)40(32-13-5-28(2)6-14-32)36-21-25-38(42)26-22-36/h3-26,41-42H,1-2H3. The van der Waals surface area contributed by atoms with Gasteiger partial charge in [-0.3, -0.25) is 0 Å². The molecule has 4 heteroatoms. The number of phenolic OH excluding ortho intramolecular Hbond substituents is 2. The Morgan fingerprint density at radius 1 is 0.310 bits per heavy atom. The van der Waals surface area contributed by atoms with E-state index in [0.29, 0.717) is 0 Å². The minimum Gasteiger partial charge on any atom is -0.508 e. The molecule has 6 aromatic rings. The molecule has 0 unspecified atom stereocenters. The molecular weight excluding hydrogens is 516 g/mol. The molecule has 0 saturated heterocycles. The molecule has 6 aromatic carbocycles. The molecule has 0 aliphatic heterocycles. The van der Waals surface area contributed by atoms with Gasteiger partial charge in [-0.05, 0) is 122 Å². The van der Waals surface area contributed by atoms with Crippen LogP contribution in [0.4, 0.5) is 34.1 Å². The second kappa shape index (κ2) is 11.6. The lowest BCUT2D eigenvalue weighted by Crippen LogP contribution is -2.10. The van der Waals surface area contributed by atoms with E-state index in [1.54, 1.807) is 24.3 Å². The molecule has 206 valence electrons. The molecule has 42 heavy (non-hydrogen) atoms. The summed E-state index contributed by atoms with van der Waals surface area (Å²) in [7, 11) is 0. The van der Waals surface area contributed by atoms with E-state index in [2.05, 4.69) is 121 Å². The Hall–Kier alpha value is -5.48. The van der Waals surface area contributed by atoms with E-state index in [1.165, 1.54) is 11.1 Å². The lowest BCUT2D eigenvalue weighted by molar-refractivity contribution is 0.475. The molecule has 0 aliphatic carbocycles. The molecule has 0 spiro atoms. The number of hydrogen-bond donors (Lipinski definition) is 2. The van der Waals surface area contributed by atoms with Crippen LogP contribution in [0.1, 0.15) is 11.1 Å². The second-order valence-electron chi connectivity index (χ2n) is 10.5. The summed E-state index contributed by atoms with van der Waals surface area (Å²) in [5.74, 6) is 0.487. The highest BCUT2D eigenvalue weighted by Gasteiger charge is 2.15. The van der Waals surface area contributed by atoms with Crippen molar-refractivity contribution in [1.82, 2.24) is 0 Å². The molecule has 0 radical (unpaired) electrons. The Labute approximate surface area is 247 Å². The molecule has 0 amide bonds. The first-order valence-corrected chi connectivity index (χ1v) is 14.0. The summed E-state index contributed by atoms with van der Waals surface area (Å²) in [6.07, 6.45) is 0. The molecule has 0 aliphatic rings. The minimum absolute atomic E-state index is 0.243. The van der Waals surface area contributed by atoms with Gasteiger partial charge in [-0.25, -0.2) is 0 Å². The summed E-state index contributed by atoms with van der Waals surface area (Å²) in [5.41, 5.74) is 10.7. The number of anilines is 6. The maximum Gasteiger partial charge on any atom is 0.115 e. The number of nitrogens with zero attached hydrogens (tertiary/aromatic N) is 2. The molecule has 2 N–H and O–H groups in total. The van der Waals surface area contributed by atoms with Crippen LogP contribution in [0.2, 0.25) is 0 Å². The van der Waals surface area contributed by atoms with Gasteiger partial charge >= 0.3 is 0 Å². The van der Waals surface area contributed by atoms with E-state index in [4.69, 9.17) is 0 Å². The molecule has 0 fully saturated rings.